The molecule has 144 valence electrons. The number of hydrogen-bond acceptors (Lipinski definition) is 5. The highest BCUT2D eigenvalue weighted by atomic mass is 32.1. The minimum atomic E-state index is -0.215. The first-order valence-corrected chi connectivity index (χ1v) is 10.2. The van der Waals surface area contributed by atoms with Gasteiger partial charge in [0.1, 0.15) is 0 Å². The normalized spacial score (nSPS) is 18.6. The van der Waals surface area contributed by atoms with Crippen molar-refractivity contribution < 1.29 is 9.53 Å². The van der Waals surface area contributed by atoms with Crippen LogP contribution in [-0.4, -0.2) is 86.2 Å². The Bertz CT molecular complexity index is 625. The second-order valence-corrected chi connectivity index (χ2v) is 7.54. The Balaban J connectivity index is 1.40. The van der Waals surface area contributed by atoms with Crippen molar-refractivity contribution in [3.63, 3.8) is 0 Å². The van der Waals surface area contributed by atoms with E-state index in [1.165, 1.54) is 5.56 Å². The van der Waals surface area contributed by atoms with Crippen LogP contribution < -0.4 is 5.32 Å². The van der Waals surface area contributed by atoms with Crippen LogP contribution in [0.15, 0.2) is 16.4 Å². The first kappa shape index (κ1) is 19.0. The van der Waals surface area contributed by atoms with E-state index in [0.29, 0.717) is 19.7 Å². The molecule has 0 unspecified atom stereocenters. The van der Waals surface area contributed by atoms with E-state index >= 15 is 0 Å². The van der Waals surface area contributed by atoms with Gasteiger partial charge in [0.25, 0.3) is 0 Å². The number of guanidine groups is 1. The first-order valence-electron chi connectivity index (χ1n) is 9.36. The molecule has 7 nitrogen and oxygen atoms in total. The highest BCUT2D eigenvalue weighted by molar-refractivity contribution is 7.10. The zero-order valence-electron chi connectivity index (χ0n) is 15.7. The Morgan fingerprint density at radius 3 is 2.77 bits per heavy atom. The highest BCUT2D eigenvalue weighted by Gasteiger charge is 2.24. The van der Waals surface area contributed by atoms with Crippen molar-refractivity contribution in [2.75, 3.05) is 59.5 Å². The van der Waals surface area contributed by atoms with Gasteiger partial charge in [-0.25, -0.2) is 4.79 Å². The summed E-state index contributed by atoms with van der Waals surface area (Å²) in [5.74, 6) is 0.918. The lowest BCUT2D eigenvalue weighted by Gasteiger charge is -2.36. The maximum atomic E-state index is 11.8. The molecule has 8 heteroatoms. The Morgan fingerprint density at radius 1 is 1.27 bits per heavy atom. The van der Waals surface area contributed by atoms with Crippen LogP contribution >= 0.6 is 11.3 Å². The number of piperazine rings is 1. The summed E-state index contributed by atoms with van der Waals surface area (Å²) in [5.41, 5.74) is 1.49. The van der Waals surface area contributed by atoms with Crippen LogP contribution in [0, 0.1) is 0 Å². The van der Waals surface area contributed by atoms with Gasteiger partial charge in [-0.1, -0.05) is 0 Å². The predicted octanol–water partition coefficient (Wildman–Crippen LogP) is 1.46. The number of thiophene rings is 1. The Labute approximate surface area is 159 Å². The lowest BCUT2D eigenvalue weighted by molar-refractivity contribution is 0.0914. The van der Waals surface area contributed by atoms with E-state index in [1.807, 2.05) is 25.3 Å². The number of nitrogens with zero attached hydrogens (tertiary/aromatic N) is 4. The molecule has 2 aliphatic rings. The van der Waals surface area contributed by atoms with Gasteiger partial charge in [-0.2, -0.15) is 0 Å². The van der Waals surface area contributed by atoms with Crippen molar-refractivity contribution in [1.29, 1.82) is 0 Å². The van der Waals surface area contributed by atoms with E-state index in [0.717, 1.165) is 51.6 Å². The van der Waals surface area contributed by atoms with Crippen LogP contribution in [0.3, 0.4) is 0 Å². The molecule has 0 bridgehead atoms. The molecule has 0 aromatic carbocycles. The van der Waals surface area contributed by atoms with Gasteiger partial charge in [0.2, 0.25) is 0 Å². The monoisotopic (exact) mass is 379 g/mol. The molecular weight excluding hydrogens is 350 g/mol. The first-order chi connectivity index (χ1) is 12.7. The summed E-state index contributed by atoms with van der Waals surface area (Å²) in [7, 11) is 1.82. The number of fused-ring (bicyclic) bond motifs is 1. The molecule has 0 spiro atoms. The van der Waals surface area contributed by atoms with E-state index in [4.69, 9.17) is 4.74 Å². The third kappa shape index (κ3) is 4.67. The van der Waals surface area contributed by atoms with Gasteiger partial charge < -0.3 is 19.9 Å². The third-order valence-electron chi connectivity index (χ3n) is 4.91. The number of aliphatic imine (C=N–C) groups is 1. The SMILES string of the molecule is CCOC(=O)N1CCN(C(=NC)NCCN2CCc3sccc3C2)CC1. The number of amides is 1. The fourth-order valence-corrected chi connectivity index (χ4v) is 4.36. The lowest BCUT2D eigenvalue weighted by atomic mass is 10.1. The zero-order valence-corrected chi connectivity index (χ0v) is 16.6. The molecule has 0 atom stereocenters. The number of rotatable bonds is 4. The van der Waals surface area contributed by atoms with Crippen molar-refractivity contribution in [3.05, 3.63) is 21.9 Å². The van der Waals surface area contributed by atoms with E-state index in [9.17, 15) is 4.79 Å². The van der Waals surface area contributed by atoms with Gasteiger partial charge in [-0.15, -0.1) is 11.3 Å². The van der Waals surface area contributed by atoms with Crippen LogP contribution in [0.1, 0.15) is 17.4 Å². The fourth-order valence-electron chi connectivity index (χ4n) is 3.47. The smallest absolute Gasteiger partial charge is 0.409 e. The van der Waals surface area contributed by atoms with Crippen molar-refractivity contribution in [1.82, 2.24) is 20.0 Å². The summed E-state index contributed by atoms with van der Waals surface area (Å²) in [6.45, 7) is 9.23. The van der Waals surface area contributed by atoms with E-state index in [2.05, 4.69) is 31.6 Å². The number of hydrogen-bond donors (Lipinski definition) is 1. The summed E-state index contributed by atoms with van der Waals surface area (Å²) in [4.78, 5) is 24.2. The molecule has 0 radical (unpaired) electrons. The second kappa shape index (κ2) is 9.23. The maximum Gasteiger partial charge on any atom is 0.409 e. The van der Waals surface area contributed by atoms with Crippen LogP contribution in [0.2, 0.25) is 0 Å². The molecule has 1 N–H and O–H groups in total. The van der Waals surface area contributed by atoms with Crippen molar-refractivity contribution >= 4 is 23.4 Å². The molecule has 2 aliphatic heterocycles. The minimum Gasteiger partial charge on any atom is -0.450 e. The zero-order chi connectivity index (χ0) is 18.4. The average molecular weight is 380 g/mol. The van der Waals surface area contributed by atoms with Gasteiger partial charge in [0.15, 0.2) is 5.96 Å². The number of nitrogens with one attached hydrogen (secondary N) is 1. The molecular formula is C18H29N5O2S. The van der Waals surface area contributed by atoms with Crippen LogP contribution in [0.5, 0.6) is 0 Å². The molecule has 1 aromatic heterocycles. The molecule has 0 aliphatic carbocycles. The van der Waals surface area contributed by atoms with Gasteiger partial charge in [-0.3, -0.25) is 9.89 Å². The molecule has 3 heterocycles. The van der Waals surface area contributed by atoms with E-state index in [1.54, 1.807) is 9.78 Å². The van der Waals surface area contributed by atoms with Gasteiger partial charge in [0.05, 0.1) is 6.61 Å². The molecule has 3 rings (SSSR count). The topological polar surface area (TPSA) is 60.4 Å². The molecule has 1 amide bonds. The number of carbonyl (C=O) groups is 1. The fraction of sp³-hybridized carbons (Fsp3) is 0.667. The van der Waals surface area contributed by atoms with E-state index in [-0.39, 0.29) is 6.09 Å². The average Bonchev–Trinajstić information content (AvgIpc) is 3.13. The summed E-state index contributed by atoms with van der Waals surface area (Å²) >= 11 is 1.88. The molecule has 1 saturated heterocycles. The van der Waals surface area contributed by atoms with Crippen LogP contribution in [0.25, 0.3) is 0 Å². The van der Waals surface area contributed by atoms with Crippen molar-refractivity contribution in [2.45, 2.75) is 19.9 Å². The van der Waals surface area contributed by atoms with E-state index < -0.39 is 0 Å². The third-order valence-corrected chi connectivity index (χ3v) is 5.94. The summed E-state index contributed by atoms with van der Waals surface area (Å²) in [5, 5.41) is 5.67. The van der Waals surface area contributed by atoms with Crippen LogP contribution in [0.4, 0.5) is 4.79 Å². The quantitative estimate of drug-likeness (QED) is 0.634. The van der Waals surface area contributed by atoms with Crippen molar-refractivity contribution in [3.8, 4) is 0 Å². The summed E-state index contributed by atoms with van der Waals surface area (Å²) in [6, 6.07) is 2.25. The summed E-state index contributed by atoms with van der Waals surface area (Å²) < 4.78 is 5.07. The predicted molar refractivity (Wildman–Crippen MR) is 105 cm³/mol. The van der Waals surface area contributed by atoms with Crippen LogP contribution in [-0.2, 0) is 17.7 Å². The van der Waals surface area contributed by atoms with Gasteiger partial charge >= 0.3 is 6.09 Å². The number of ether oxygens (including phenoxy) is 1. The Morgan fingerprint density at radius 2 is 2.04 bits per heavy atom. The highest BCUT2D eigenvalue weighted by Crippen LogP contribution is 2.23. The van der Waals surface area contributed by atoms with Gasteiger partial charge in [-0.05, 0) is 30.4 Å². The molecule has 26 heavy (non-hydrogen) atoms. The molecule has 1 aromatic rings. The Kier molecular flexibility index (Phi) is 6.73. The minimum absolute atomic E-state index is 0.215. The molecule has 0 saturated carbocycles. The number of carbonyl (C=O) groups excluding carboxylic acids is 1. The van der Waals surface area contributed by atoms with Gasteiger partial charge in [0, 0.05) is 64.3 Å². The standard InChI is InChI=1S/C18H29N5O2S/c1-3-25-18(24)23-11-9-22(10-12-23)17(19-2)20-6-8-21-7-4-16-15(14-21)5-13-26-16/h5,13H,3-4,6-12,14H2,1-2H3,(H,19,20). The summed E-state index contributed by atoms with van der Waals surface area (Å²) in [6.07, 6.45) is 0.949. The Hall–Kier alpha value is -1.80. The second-order valence-electron chi connectivity index (χ2n) is 6.54. The maximum absolute atomic E-state index is 11.8. The molecule has 1 fully saturated rings. The largest absolute Gasteiger partial charge is 0.450 e. The van der Waals surface area contributed by atoms with Crippen molar-refractivity contribution in [2.24, 2.45) is 4.99 Å². The lowest BCUT2D eigenvalue weighted by Crippen LogP contribution is -2.54.